The molecule has 0 N–H and O–H groups in total. The molecule has 0 aromatic heterocycles. The van der Waals surface area contributed by atoms with Gasteiger partial charge in [-0.25, -0.2) is 0 Å². The lowest BCUT2D eigenvalue weighted by molar-refractivity contribution is 0.411. The van der Waals surface area contributed by atoms with Crippen molar-refractivity contribution in [2.45, 2.75) is 32.1 Å². The van der Waals surface area contributed by atoms with Gasteiger partial charge in [0.1, 0.15) is 5.75 Å². The fourth-order valence-corrected chi connectivity index (χ4v) is 2.58. The highest BCUT2D eigenvalue weighted by molar-refractivity contribution is 6.22. The van der Waals surface area contributed by atoms with E-state index in [0.717, 1.165) is 22.4 Å². The number of hydrogen-bond donors (Lipinski definition) is 0. The van der Waals surface area contributed by atoms with Gasteiger partial charge in [0.25, 0.3) is 0 Å². The molecule has 2 aromatic carbocycles. The van der Waals surface area contributed by atoms with E-state index in [1.165, 1.54) is 5.56 Å². The van der Waals surface area contributed by atoms with Gasteiger partial charge in [-0.15, -0.1) is 11.6 Å². The van der Waals surface area contributed by atoms with Crippen LogP contribution < -0.4 is 4.74 Å². The van der Waals surface area contributed by atoms with Crippen LogP contribution in [0.5, 0.6) is 5.75 Å². The van der Waals surface area contributed by atoms with Gasteiger partial charge in [0, 0.05) is 0 Å². The van der Waals surface area contributed by atoms with E-state index in [0.29, 0.717) is 5.92 Å². The highest BCUT2D eigenvalue weighted by Gasteiger charge is 2.12. The van der Waals surface area contributed by atoms with Gasteiger partial charge >= 0.3 is 0 Å². The number of methoxy groups -OCH3 is 1. The molecule has 0 heterocycles. The van der Waals surface area contributed by atoms with Crippen LogP contribution in [0.15, 0.2) is 42.5 Å². The Labute approximate surface area is 126 Å². The van der Waals surface area contributed by atoms with E-state index in [2.05, 4.69) is 44.2 Å². The summed E-state index contributed by atoms with van der Waals surface area (Å²) < 4.78 is 5.28. The van der Waals surface area contributed by atoms with Crippen molar-refractivity contribution in [3.8, 4) is 5.75 Å². The van der Waals surface area contributed by atoms with Crippen LogP contribution in [0.25, 0.3) is 0 Å². The standard InChI is InChI=1S/C18H21ClO/c1-12(2)14-5-7-15(8-6-14)18(19)16-9-10-17(20-4)13(3)11-16/h5-12,18H,1-4H3. The van der Waals surface area contributed by atoms with Gasteiger partial charge in [0.15, 0.2) is 0 Å². The molecule has 0 saturated heterocycles. The first-order valence-corrected chi connectivity index (χ1v) is 7.35. The van der Waals surface area contributed by atoms with E-state index in [-0.39, 0.29) is 5.38 Å². The van der Waals surface area contributed by atoms with Crippen LogP contribution in [-0.2, 0) is 0 Å². The van der Waals surface area contributed by atoms with Crippen molar-refractivity contribution in [2.24, 2.45) is 0 Å². The minimum absolute atomic E-state index is 0.124. The minimum Gasteiger partial charge on any atom is -0.496 e. The maximum atomic E-state index is 6.59. The fraction of sp³-hybridized carbons (Fsp3) is 0.333. The van der Waals surface area contributed by atoms with Crippen molar-refractivity contribution < 1.29 is 4.74 Å². The number of benzene rings is 2. The predicted molar refractivity (Wildman–Crippen MR) is 86.0 cm³/mol. The van der Waals surface area contributed by atoms with Crippen molar-refractivity contribution in [2.75, 3.05) is 7.11 Å². The summed E-state index contributed by atoms with van der Waals surface area (Å²) in [4.78, 5) is 0. The van der Waals surface area contributed by atoms with Gasteiger partial charge in [-0.2, -0.15) is 0 Å². The fourth-order valence-electron chi connectivity index (χ4n) is 2.30. The zero-order chi connectivity index (χ0) is 14.7. The van der Waals surface area contributed by atoms with Crippen molar-refractivity contribution in [3.63, 3.8) is 0 Å². The molecule has 20 heavy (non-hydrogen) atoms. The van der Waals surface area contributed by atoms with E-state index >= 15 is 0 Å². The summed E-state index contributed by atoms with van der Waals surface area (Å²) in [5, 5.41) is -0.124. The Morgan fingerprint density at radius 2 is 1.45 bits per heavy atom. The highest BCUT2D eigenvalue weighted by Crippen LogP contribution is 2.32. The average Bonchev–Trinajstić information content (AvgIpc) is 2.46. The minimum atomic E-state index is -0.124. The quantitative estimate of drug-likeness (QED) is 0.679. The van der Waals surface area contributed by atoms with Gasteiger partial charge in [-0.1, -0.05) is 50.2 Å². The lowest BCUT2D eigenvalue weighted by Gasteiger charge is -2.14. The molecule has 2 rings (SSSR count). The third kappa shape index (κ3) is 3.16. The Balaban J connectivity index is 2.26. The van der Waals surface area contributed by atoms with Crippen LogP contribution in [0.3, 0.4) is 0 Å². The third-order valence-electron chi connectivity index (χ3n) is 3.61. The summed E-state index contributed by atoms with van der Waals surface area (Å²) in [5.74, 6) is 1.44. The second-order valence-electron chi connectivity index (χ2n) is 5.41. The molecule has 0 amide bonds. The molecule has 0 radical (unpaired) electrons. The maximum absolute atomic E-state index is 6.59. The zero-order valence-corrected chi connectivity index (χ0v) is 13.2. The lowest BCUT2D eigenvalue weighted by Crippen LogP contribution is -1.96. The Hall–Kier alpha value is -1.47. The Morgan fingerprint density at radius 3 is 1.95 bits per heavy atom. The van der Waals surface area contributed by atoms with E-state index in [1.807, 2.05) is 19.1 Å². The first-order valence-electron chi connectivity index (χ1n) is 6.91. The smallest absolute Gasteiger partial charge is 0.121 e. The van der Waals surface area contributed by atoms with Gasteiger partial charge in [-0.05, 0) is 41.2 Å². The van der Waals surface area contributed by atoms with Crippen LogP contribution in [0, 0.1) is 6.92 Å². The summed E-state index contributed by atoms with van der Waals surface area (Å²) >= 11 is 6.59. The number of alkyl halides is 1. The normalized spacial score (nSPS) is 12.5. The van der Waals surface area contributed by atoms with Crippen LogP contribution in [0.2, 0.25) is 0 Å². The summed E-state index contributed by atoms with van der Waals surface area (Å²) in [7, 11) is 1.69. The molecule has 0 spiro atoms. The van der Waals surface area contributed by atoms with E-state index in [4.69, 9.17) is 16.3 Å². The van der Waals surface area contributed by atoms with Crippen molar-refractivity contribution >= 4 is 11.6 Å². The molecule has 1 unspecified atom stereocenters. The summed E-state index contributed by atoms with van der Waals surface area (Å²) in [5.41, 5.74) is 4.67. The van der Waals surface area contributed by atoms with E-state index < -0.39 is 0 Å². The van der Waals surface area contributed by atoms with Crippen molar-refractivity contribution in [3.05, 3.63) is 64.7 Å². The first kappa shape index (κ1) is 14.9. The summed E-state index contributed by atoms with van der Waals surface area (Å²) in [6.45, 7) is 6.42. The van der Waals surface area contributed by atoms with Crippen molar-refractivity contribution in [1.82, 2.24) is 0 Å². The molecule has 1 atom stereocenters. The topological polar surface area (TPSA) is 9.23 Å². The number of rotatable bonds is 4. The van der Waals surface area contributed by atoms with Crippen LogP contribution in [0.4, 0.5) is 0 Å². The SMILES string of the molecule is COc1ccc(C(Cl)c2ccc(C(C)C)cc2)cc1C. The largest absolute Gasteiger partial charge is 0.496 e. The summed E-state index contributed by atoms with van der Waals surface area (Å²) in [6, 6.07) is 14.6. The van der Waals surface area contributed by atoms with E-state index in [1.54, 1.807) is 7.11 Å². The number of aryl methyl sites for hydroxylation is 1. The first-order chi connectivity index (χ1) is 9.52. The Bertz CT molecular complexity index is 572. The highest BCUT2D eigenvalue weighted by atomic mass is 35.5. The zero-order valence-electron chi connectivity index (χ0n) is 12.5. The molecule has 0 aliphatic heterocycles. The summed E-state index contributed by atoms with van der Waals surface area (Å²) in [6.07, 6.45) is 0. The number of hydrogen-bond acceptors (Lipinski definition) is 1. The molecule has 0 aliphatic carbocycles. The monoisotopic (exact) mass is 288 g/mol. The second-order valence-corrected chi connectivity index (χ2v) is 5.85. The van der Waals surface area contributed by atoms with Crippen molar-refractivity contribution in [1.29, 1.82) is 0 Å². The molecule has 0 saturated carbocycles. The lowest BCUT2D eigenvalue weighted by atomic mass is 9.98. The van der Waals surface area contributed by atoms with Crippen LogP contribution >= 0.6 is 11.6 Å². The van der Waals surface area contributed by atoms with Crippen LogP contribution in [0.1, 0.15) is 47.4 Å². The second kappa shape index (κ2) is 6.32. The molecule has 0 aliphatic rings. The molecule has 0 fully saturated rings. The molecular weight excluding hydrogens is 268 g/mol. The molecule has 2 aromatic rings. The predicted octanol–water partition coefficient (Wildman–Crippen LogP) is 5.46. The molecule has 0 bridgehead atoms. The molecule has 1 nitrogen and oxygen atoms in total. The Morgan fingerprint density at radius 1 is 0.900 bits per heavy atom. The van der Waals surface area contributed by atoms with Crippen LogP contribution in [-0.4, -0.2) is 7.11 Å². The average molecular weight is 289 g/mol. The molecule has 2 heteroatoms. The third-order valence-corrected chi connectivity index (χ3v) is 4.11. The van der Waals surface area contributed by atoms with Gasteiger partial charge < -0.3 is 4.74 Å². The van der Waals surface area contributed by atoms with Gasteiger partial charge in [-0.3, -0.25) is 0 Å². The van der Waals surface area contributed by atoms with Gasteiger partial charge in [0.05, 0.1) is 12.5 Å². The molecular formula is C18H21ClO. The Kier molecular flexibility index (Phi) is 4.72. The van der Waals surface area contributed by atoms with E-state index in [9.17, 15) is 0 Å². The number of ether oxygens (including phenoxy) is 1. The molecule has 106 valence electrons. The van der Waals surface area contributed by atoms with Gasteiger partial charge in [0.2, 0.25) is 0 Å². The number of halogens is 1. The maximum Gasteiger partial charge on any atom is 0.121 e.